The Morgan fingerprint density at radius 1 is 1.43 bits per heavy atom. The molecule has 1 aromatic carbocycles. The summed E-state index contributed by atoms with van der Waals surface area (Å²) in [4.78, 5) is 14.9. The van der Waals surface area contributed by atoms with Crippen LogP contribution in [0.15, 0.2) is 30.6 Å². The third kappa shape index (κ3) is 5.72. The van der Waals surface area contributed by atoms with Crippen molar-refractivity contribution in [2.24, 2.45) is 5.92 Å². The minimum atomic E-state index is 0.00177. The average Bonchev–Trinajstić information content (AvgIpc) is 3.14. The molecule has 3 rings (SSSR count). The Kier molecular flexibility index (Phi) is 7.34. The van der Waals surface area contributed by atoms with Gasteiger partial charge < -0.3 is 10.1 Å². The lowest BCUT2D eigenvalue weighted by molar-refractivity contribution is -0.116. The zero-order valence-electron chi connectivity index (χ0n) is 16.7. The van der Waals surface area contributed by atoms with Gasteiger partial charge in [-0.15, -0.1) is 0 Å². The van der Waals surface area contributed by atoms with Crippen LogP contribution in [0, 0.1) is 5.92 Å². The zero-order valence-corrected chi connectivity index (χ0v) is 17.4. The third-order valence-corrected chi connectivity index (χ3v) is 5.47. The summed E-state index contributed by atoms with van der Waals surface area (Å²) >= 11 is 6.03. The number of methoxy groups -OCH3 is 1. The van der Waals surface area contributed by atoms with E-state index >= 15 is 0 Å². The van der Waals surface area contributed by atoms with Crippen LogP contribution in [0.3, 0.4) is 0 Å². The summed E-state index contributed by atoms with van der Waals surface area (Å²) in [6, 6.07) is 5.23. The molecule has 1 aromatic heterocycles. The van der Waals surface area contributed by atoms with E-state index in [9.17, 15) is 4.79 Å². The fourth-order valence-corrected chi connectivity index (χ4v) is 3.95. The number of aromatic nitrogens is 2. The predicted octanol–water partition coefficient (Wildman–Crippen LogP) is 4.20. The first-order valence-electron chi connectivity index (χ1n) is 9.94. The monoisotopic (exact) mass is 404 g/mol. The molecule has 2 aromatic rings. The van der Waals surface area contributed by atoms with E-state index in [-0.39, 0.29) is 5.91 Å². The molecule has 7 heteroatoms. The van der Waals surface area contributed by atoms with Gasteiger partial charge in [-0.1, -0.05) is 11.6 Å². The van der Waals surface area contributed by atoms with Crippen molar-refractivity contribution < 1.29 is 9.53 Å². The largest absolute Gasteiger partial charge is 0.495 e. The van der Waals surface area contributed by atoms with Gasteiger partial charge in [0.05, 0.1) is 19.0 Å². The zero-order chi connectivity index (χ0) is 19.9. The molecule has 1 amide bonds. The van der Waals surface area contributed by atoms with Gasteiger partial charge in [0.15, 0.2) is 0 Å². The predicted molar refractivity (Wildman–Crippen MR) is 112 cm³/mol. The van der Waals surface area contributed by atoms with Gasteiger partial charge in [-0.25, -0.2) is 0 Å². The second-order valence-corrected chi connectivity index (χ2v) is 7.82. The van der Waals surface area contributed by atoms with Gasteiger partial charge in [-0.05, 0) is 56.8 Å². The van der Waals surface area contributed by atoms with Gasteiger partial charge in [0.2, 0.25) is 5.91 Å². The van der Waals surface area contributed by atoms with Crippen molar-refractivity contribution >= 4 is 23.2 Å². The molecule has 0 bridgehead atoms. The van der Waals surface area contributed by atoms with Gasteiger partial charge >= 0.3 is 0 Å². The van der Waals surface area contributed by atoms with E-state index in [1.807, 2.05) is 10.9 Å². The number of ether oxygens (including phenoxy) is 1. The topological polar surface area (TPSA) is 59.4 Å². The highest BCUT2D eigenvalue weighted by atomic mass is 35.5. The van der Waals surface area contributed by atoms with E-state index in [1.165, 1.54) is 18.4 Å². The molecule has 1 unspecified atom stereocenters. The van der Waals surface area contributed by atoms with Crippen LogP contribution in [0.2, 0.25) is 5.02 Å². The van der Waals surface area contributed by atoms with Crippen LogP contribution in [-0.4, -0.2) is 40.8 Å². The minimum absolute atomic E-state index is 0.00177. The standard InChI is InChI=1S/C21H29ClN4O2/c1-3-26-15-17(12-23-26)14-25-10-4-5-16(13-25)6-9-21(27)24-19-11-18(22)7-8-20(19)28-2/h7-8,11-12,15-16H,3-6,9-10,13-14H2,1-2H3,(H,24,27). The van der Waals surface area contributed by atoms with Gasteiger partial charge in [-0.2, -0.15) is 5.10 Å². The third-order valence-electron chi connectivity index (χ3n) is 5.24. The molecule has 6 nitrogen and oxygen atoms in total. The highest BCUT2D eigenvalue weighted by Crippen LogP contribution is 2.28. The number of amides is 1. The first kappa shape index (κ1) is 20.7. The number of likely N-dealkylation sites (tertiary alicyclic amines) is 1. The Balaban J connectivity index is 1.47. The van der Waals surface area contributed by atoms with Crippen molar-refractivity contribution in [2.75, 3.05) is 25.5 Å². The number of halogens is 1. The van der Waals surface area contributed by atoms with Crippen molar-refractivity contribution in [3.05, 3.63) is 41.2 Å². The maximum Gasteiger partial charge on any atom is 0.224 e. The highest BCUT2D eigenvalue weighted by molar-refractivity contribution is 6.31. The van der Waals surface area contributed by atoms with Crippen molar-refractivity contribution in [1.29, 1.82) is 0 Å². The summed E-state index contributed by atoms with van der Waals surface area (Å²) in [6.45, 7) is 6.07. The fourth-order valence-electron chi connectivity index (χ4n) is 3.78. The Labute approximate surface area is 171 Å². The van der Waals surface area contributed by atoms with Crippen LogP contribution in [0.25, 0.3) is 0 Å². The van der Waals surface area contributed by atoms with E-state index in [2.05, 4.69) is 28.4 Å². The van der Waals surface area contributed by atoms with Crippen molar-refractivity contribution in [1.82, 2.24) is 14.7 Å². The average molecular weight is 405 g/mol. The second kappa shape index (κ2) is 9.94. The van der Waals surface area contributed by atoms with Gasteiger partial charge in [-0.3, -0.25) is 14.4 Å². The summed E-state index contributed by atoms with van der Waals surface area (Å²) in [5.74, 6) is 1.16. The number of benzene rings is 1. The van der Waals surface area contributed by atoms with E-state index in [0.29, 0.717) is 28.8 Å². The SMILES string of the molecule is CCn1cc(CN2CCCC(CCC(=O)Nc3cc(Cl)ccc3OC)C2)cn1. The van der Waals surface area contributed by atoms with Crippen molar-refractivity contribution in [3.63, 3.8) is 0 Å². The number of hydrogen-bond donors (Lipinski definition) is 1. The van der Waals surface area contributed by atoms with Gasteiger partial charge in [0.1, 0.15) is 5.75 Å². The number of rotatable bonds is 8. The molecule has 0 saturated carbocycles. The van der Waals surface area contributed by atoms with Crippen LogP contribution < -0.4 is 10.1 Å². The van der Waals surface area contributed by atoms with Crippen LogP contribution in [0.4, 0.5) is 5.69 Å². The Hall–Kier alpha value is -2.05. The molecule has 1 N–H and O–H groups in total. The lowest BCUT2D eigenvalue weighted by Gasteiger charge is -2.32. The lowest BCUT2D eigenvalue weighted by atomic mass is 9.93. The molecular weight excluding hydrogens is 376 g/mol. The Morgan fingerprint density at radius 3 is 3.04 bits per heavy atom. The number of hydrogen-bond acceptors (Lipinski definition) is 4. The summed E-state index contributed by atoms with van der Waals surface area (Å²) in [5, 5.41) is 7.86. The van der Waals surface area contributed by atoms with E-state index in [0.717, 1.165) is 32.6 Å². The molecule has 0 radical (unpaired) electrons. The first-order valence-corrected chi connectivity index (χ1v) is 10.3. The van der Waals surface area contributed by atoms with Crippen LogP contribution in [0.5, 0.6) is 5.75 Å². The molecule has 1 saturated heterocycles. The number of piperidine rings is 1. The number of anilines is 1. The summed E-state index contributed by atoms with van der Waals surface area (Å²) in [7, 11) is 1.58. The highest BCUT2D eigenvalue weighted by Gasteiger charge is 2.21. The normalized spacial score (nSPS) is 17.5. The number of nitrogens with one attached hydrogen (secondary N) is 1. The number of carbonyl (C=O) groups excluding carboxylic acids is 1. The second-order valence-electron chi connectivity index (χ2n) is 7.38. The van der Waals surface area contributed by atoms with Crippen molar-refractivity contribution in [2.45, 2.75) is 45.7 Å². The lowest BCUT2D eigenvalue weighted by Crippen LogP contribution is -2.35. The fraction of sp³-hybridized carbons (Fsp3) is 0.524. The van der Waals surface area contributed by atoms with Crippen molar-refractivity contribution in [3.8, 4) is 5.75 Å². The summed E-state index contributed by atoms with van der Waals surface area (Å²) in [5.41, 5.74) is 1.88. The molecule has 1 fully saturated rings. The van der Waals surface area contributed by atoms with Crippen LogP contribution >= 0.6 is 11.6 Å². The molecule has 28 heavy (non-hydrogen) atoms. The molecular formula is C21H29ClN4O2. The Bertz CT molecular complexity index is 792. The molecule has 2 heterocycles. The van der Waals surface area contributed by atoms with E-state index < -0.39 is 0 Å². The maximum atomic E-state index is 12.4. The van der Waals surface area contributed by atoms with Gasteiger partial charge in [0, 0.05) is 42.8 Å². The number of nitrogens with zero attached hydrogens (tertiary/aromatic N) is 3. The molecule has 152 valence electrons. The van der Waals surface area contributed by atoms with Gasteiger partial charge in [0.25, 0.3) is 0 Å². The summed E-state index contributed by atoms with van der Waals surface area (Å²) in [6.07, 6.45) is 7.82. The summed E-state index contributed by atoms with van der Waals surface area (Å²) < 4.78 is 7.25. The smallest absolute Gasteiger partial charge is 0.224 e. The van der Waals surface area contributed by atoms with E-state index in [1.54, 1.807) is 25.3 Å². The van der Waals surface area contributed by atoms with E-state index in [4.69, 9.17) is 16.3 Å². The van der Waals surface area contributed by atoms with Crippen LogP contribution in [-0.2, 0) is 17.9 Å². The number of aryl methyl sites for hydroxylation is 1. The Morgan fingerprint density at radius 2 is 2.29 bits per heavy atom. The number of carbonyl (C=O) groups is 1. The molecule has 0 spiro atoms. The molecule has 1 atom stereocenters. The molecule has 0 aliphatic carbocycles. The first-order chi connectivity index (χ1) is 13.6. The van der Waals surface area contributed by atoms with Crippen LogP contribution in [0.1, 0.15) is 38.2 Å². The maximum absolute atomic E-state index is 12.4. The molecule has 1 aliphatic rings. The quantitative estimate of drug-likeness (QED) is 0.716. The minimum Gasteiger partial charge on any atom is -0.495 e. The molecule has 1 aliphatic heterocycles.